The Balaban J connectivity index is 1.03. The van der Waals surface area contributed by atoms with Crippen molar-refractivity contribution in [1.82, 2.24) is 36.2 Å². The summed E-state index contributed by atoms with van der Waals surface area (Å²) in [5, 5.41) is 11.5. The number of amides is 2. The Morgan fingerprint density at radius 3 is 2.60 bits per heavy atom. The van der Waals surface area contributed by atoms with Crippen LogP contribution in [0.5, 0.6) is 0 Å². The molecule has 0 radical (unpaired) electrons. The molecule has 0 aliphatic carbocycles. The topological polar surface area (TPSA) is 127 Å². The quantitative estimate of drug-likeness (QED) is 0.286. The first-order valence-corrected chi connectivity index (χ1v) is 13.2. The Bertz CT molecular complexity index is 815. The van der Waals surface area contributed by atoms with Crippen LogP contribution in [0, 0.1) is 17.3 Å². The zero-order valence-corrected chi connectivity index (χ0v) is 20.3. The number of hydrogen-bond acceptors (Lipinski definition) is 9. The smallest absolute Gasteiger partial charge is 0.229 e. The number of alkyl halides is 1. The van der Waals surface area contributed by atoms with Gasteiger partial charge in [0.25, 0.3) is 0 Å². The van der Waals surface area contributed by atoms with Crippen LogP contribution in [0.1, 0.15) is 19.3 Å². The maximum atomic E-state index is 13.8. The third-order valence-electron chi connectivity index (χ3n) is 8.93. The Morgan fingerprint density at radius 2 is 1.89 bits per heavy atom. The van der Waals surface area contributed by atoms with Gasteiger partial charge < -0.3 is 26.0 Å². The van der Waals surface area contributed by atoms with Gasteiger partial charge in [-0.25, -0.2) is 14.8 Å². The zero-order valence-electron chi connectivity index (χ0n) is 20.3. The van der Waals surface area contributed by atoms with Crippen molar-refractivity contribution in [2.24, 2.45) is 23.0 Å². The molecule has 0 aromatic rings. The van der Waals surface area contributed by atoms with Crippen molar-refractivity contribution in [2.75, 3.05) is 65.6 Å². The second-order valence-corrected chi connectivity index (χ2v) is 11.5. The largest absolute Gasteiger partial charge is 0.380 e. The third-order valence-corrected chi connectivity index (χ3v) is 8.93. The van der Waals surface area contributed by atoms with Gasteiger partial charge in [0.2, 0.25) is 11.8 Å². The zero-order chi connectivity index (χ0) is 24.2. The predicted octanol–water partition coefficient (Wildman–Crippen LogP) is -2.61. The van der Waals surface area contributed by atoms with Crippen molar-refractivity contribution in [3.63, 3.8) is 0 Å². The molecule has 0 aromatic carbocycles. The Kier molecular flexibility index (Phi) is 6.48. The first-order valence-electron chi connectivity index (χ1n) is 13.2. The van der Waals surface area contributed by atoms with Gasteiger partial charge in [-0.15, -0.1) is 0 Å². The second kappa shape index (κ2) is 9.47. The minimum Gasteiger partial charge on any atom is -0.380 e. The molecule has 6 heterocycles. The van der Waals surface area contributed by atoms with E-state index in [1.807, 2.05) is 4.90 Å². The van der Waals surface area contributed by atoms with Crippen LogP contribution in [0.2, 0.25) is 0 Å². The van der Waals surface area contributed by atoms with Gasteiger partial charge in [-0.1, -0.05) is 0 Å². The van der Waals surface area contributed by atoms with E-state index in [-0.39, 0.29) is 48.6 Å². The fraction of sp³-hybridized carbons (Fsp3) is 0.913. The molecule has 1 spiro atoms. The van der Waals surface area contributed by atoms with Crippen molar-refractivity contribution in [1.29, 1.82) is 0 Å². The van der Waals surface area contributed by atoms with Gasteiger partial charge in [-0.3, -0.25) is 19.8 Å². The molecule has 12 heteroatoms. The first-order chi connectivity index (χ1) is 16.9. The van der Waals surface area contributed by atoms with Crippen molar-refractivity contribution in [3.8, 4) is 0 Å². The van der Waals surface area contributed by atoms with Gasteiger partial charge in [0.15, 0.2) is 0 Å². The number of likely N-dealkylation sites (tertiary alicyclic amines) is 2. The molecular weight excluding hydrogens is 455 g/mol. The lowest BCUT2D eigenvalue weighted by Crippen LogP contribution is -2.68. The van der Waals surface area contributed by atoms with E-state index in [9.17, 15) is 14.0 Å². The number of nitrogens with zero attached hydrogens (tertiary/aromatic N) is 3. The van der Waals surface area contributed by atoms with Gasteiger partial charge in [-0.2, -0.15) is 0 Å². The molecule has 11 nitrogen and oxygen atoms in total. The minimum absolute atomic E-state index is 0.0314. The first kappa shape index (κ1) is 24.0. The number of rotatable bonds is 4. The summed E-state index contributed by atoms with van der Waals surface area (Å²) in [6.45, 7) is 7.11. The minimum atomic E-state index is -0.982. The number of ether oxygens (including phenoxy) is 1. The summed E-state index contributed by atoms with van der Waals surface area (Å²) in [6, 6.07) is 0.197. The molecule has 6 unspecified atom stereocenters. The van der Waals surface area contributed by atoms with Crippen LogP contribution in [-0.2, 0) is 14.3 Å². The molecule has 6 rings (SSSR count). The molecule has 0 aromatic heterocycles. The van der Waals surface area contributed by atoms with E-state index in [0.717, 1.165) is 65.2 Å². The number of hydrazine groups is 1. The molecule has 2 amide bonds. The predicted molar refractivity (Wildman–Crippen MR) is 125 cm³/mol. The SMILES string of the molecule is NC1NN2CC(F)CNC2C1C(=O)NC1CNCCC1N1CCC(C(=O)N2CC3(COC3)C2)CC1. The highest BCUT2D eigenvalue weighted by Gasteiger charge is 2.52. The number of piperidine rings is 2. The molecule has 6 atom stereocenters. The lowest BCUT2D eigenvalue weighted by molar-refractivity contribution is -0.198. The lowest BCUT2D eigenvalue weighted by atomic mass is 9.77. The molecule has 196 valence electrons. The molecule has 6 N–H and O–H groups in total. The number of carbonyl (C=O) groups is 2. The normalized spacial score (nSPS) is 40.1. The van der Waals surface area contributed by atoms with Crippen LogP contribution in [-0.4, -0.2) is 123 Å². The van der Waals surface area contributed by atoms with E-state index in [1.54, 1.807) is 5.01 Å². The molecule has 35 heavy (non-hydrogen) atoms. The average molecular weight is 495 g/mol. The summed E-state index contributed by atoms with van der Waals surface area (Å²) in [6.07, 6.45) is 0.842. The van der Waals surface area contributed by atoms with E-state index in [0.29, 0.717) is 12.5 Å². The molecule has 0 bridgehead atoms. The van der Waals surface area contributed by atoms with Crippen LogP contribution < -0.4 is 27.1 Å². The molecule has 0 saturated carbocycles. The summed E-state index contributed by atoms with van der Waals surface area (Å²) >= 11 is 0. The number of hydrogen-bond donors (Lipinski definition) is 5. The molecule has 6 aliphatic heterocycles. The van der Waals surface area contributed by atoms with Crippen LogP contribution in [0.4, 0.5) is 4.39 Å². The van der Waals surface area contributed by atoms with E-state index in [1.165, 1.54) is 0 Å². The number of halogens is 1. The van der Waals surface area contributed by atoms with Crippen molar-refractivity contribution >= 4 is 11.8 Å². The number of nitrogens with one attached hydrogen (secondary N) is 4. The Labute approximate surface area is 205 Å². The number of nitrogens with two attached hydrogens (primary N) is 1. The van der Waals surface area contributed by atoms with Crippen LogP contribution in [0.15, 0.2) is 0 Å². The van der Waals surface area contributed by atoms with Crippen molar-refractivity contribution in [3.05, 3.63) is 0 Å². The van der Waals surface area contributed by atoms with E-state index in [2.05, 4.69) is 26.3 Å². The van der Waals surface area contributed by atoms with E-state index in [4.69, 9.17) is 10.5 Å². The Morgan fingerprint density at radius 1 is 1.11 bits per heavy atom. The van der Waals surface area contributed by atoms with E-state index >= 15 is 0 Å². The fourth-order valence-corrected chi connectivity index (χ4v) is 6.92. The van der Waals surface area contributed by atoms with Crippen LogP contribution >= 0.6 is 0 Å². The monoisotopic (exact) mass is 494 g/mol. The van der Waals surface area contributed by atoms with Crippen molar-refractivity contribution < 1.29 is 18.7 Å². The fourth-order valence-electron chi connectivity index (χ4n) is 6.92. The second-order valence-electron chi connectivity index (χ2n) is 11.5. The molecule has 6 fully saturated rings. The summed E-state index contributed by atoms with van der Waals surface area (Å²) in [5.41, 5.74) is 9.55. The lowest BCUT2D eigenvalue weighted by Gasteiger charge is -2.56. The maximum absolute atomic E-state index is 13.8. The van der Waals surface area contributed by atoms with Crippen molar-refractivity contribution in [2.45, 2.75) is 49.8 Å². The standard InChI is InChI=1S/C23H39FN8O3/c24-15-7-27-20-18(19(25)29-32(20)9-15)21(33)28-16-8-26-4-1-17(16)30-5-2-14(3-6-30)22(34)31-10-23(11-31)12-35-13-23/h14-20,26-27,29H,1-13,25H2,(H,28,33). The highest BCUT2D eigenvalue weighted by molar-refractivity contribution is 5.81. The van der Waals surface area contributed by atoms with Gasteiger partial charge in [0, 0.05) is 44.7 Å². The Hall–Kier alpha value is -1.41. The van der Waals surface area contributed by atoms with Gasteiger partial charge in [0.1, 0.15) is 6.17 Å². The summed E-state index contributed by atoms with van der Waals surface area (Å²) in [4.78, 5) is 30.8. The summed E-state index contributed by atoms with van der Waals surface area (Å²) in [5.74, 6) is -0.184. The average Bonchev–Trinajstić information content (AvgIpc) is 3.12. The van der Waals surface area contributed by atoms with Gasteiger partial charge in [-0.05, 0) is 38.9 Å². The highest BCUT2D eigenvalue weighted by atomic mass is 19.1. The van der Waals surface area contributed by atoms with Gasteiger partial charge >= 0.3 is 0 Å². The third kappa shape index (κ3) is 4.47. The molecule has 6 saturated heterocycles. The highest BCUT2D eigenvalue weighted by Crippen LogP contribution is 2.39. The number of carbonyl (C=O) groups excluding carboxylic acids is 2. The maximum Gasteiger partial charge on any atom is 0.229 e. The molecular formula is C23H39FN8O3. The molecule has 6 aliphatic rings. The van der Waals surface area contributed by atoms with E-state index < -0.39 is 18.3 Å². The van der Waals surface area contributed by atoms with Gasteiger partial charge in [0.05, 0.1) is 42.9 Å². The summed E-state index contributed by atoms with van der Waals surface area (Å²) in [7, 11) is 0. The van der Waals surface area contributed by atoms with Crippen LogP contribution in [0.3, 0.4) is 0 Å². The van der Waals surface area contributed by atoms with Crippen LogP contribution in [0.25, 0.3) is 0 Å². The summed E-state index contributed by atoms with van der Waals surface area (Å²) < 4.78 is 19.1. The number of fused-ring (bicyclic) bond motifs is 1.